The van der Waals surface area contributed by atoms with Crippen LogP contribution in [0.2, 0.25) is 0 Å². The Hall–Kier alpha value is -2.74. The summed E-state index contributed by atoms with van der Waals surface area (Å²) in [6.45, 7) is 2.72. The van der Waals surface area contributed by atoms with E-state index in [0.29, 0.717) is 45.0 Å². The molecule has 1 heterocycles. The third-order valence-corrected chi connectivity index (χ3v) is 4.95. The van der Waals surface area contributed by atoms with E-state index in [1.807, 2.05) is 29.2 Å². The molecular weight excluding hydrogens is 383 g/mol. The summed E-state index contributed by atoms with van der Waals surface area (Å²) >= 11 is 0. The monoisotopic (exact) mass is 407 g/mol. The molecule has 1 saturated heterocycles. The SMILES string of the molecule is COCc1ccccc1CNC(=O)N1CCN(c2cccc(C(F)(F)F)c2)CC1. The largest absolute Gasteiger partial charge is 0.416 e. The second-order valence-corrected chi connectivity index (χ2v) is 6.88. The average Bonchev–Trinajstić information content (AvgIpc) is 2.73. The van der Waals surface area contributed by atoms with Crippen LogP contribution in [-0.2, 0) is 24.1 Å². The van der Waals surface area contributed by atoms with Gasteiger partial charge in [0.2, 0.25) is 0 Å². The smallest absolute Gasteiger partial charge is 0.380 e. The number of hydrogen-bond donors (Lipinski definition) is 1. The number of nitrogens with one attached hydrogen (secondary N) is 1. The molecule has 156 valence electrons. The van der Waals surface area contributed by atoms with E-state index >= 15 is 0 Å². The fourth-order valence-electron chi connectivity index (χ4n) is 3.36. The van der Waals surface area contributed by atoms with Crippen LogP contribution in [0, 0.1) is 0 Å². The minimum Gasteiger partial charge on any atom is -0.380 e. The third-order valence-electron chi connectivity index (χ3n) is 4.95. The highest BCUT2D eigenvalue weighted by atomic mass is 19.4. The Morgan fingerprint density at radius 2 is 1.72 bits per heavy atom. The number of anilines is 1. The lowest BCUT2D eigenvalue weighted by Crippen LogP contribution is -2.51. The zero-order valence-corrected chi connectivity index (χ0v) is 16.2. The van der Waals surface area contributed by atoms with Crippen molar-refractivity contribution in [1.82, 2.24) is 10.2 Å². The third kappa shape index (κ3) is 5.41. The number of amides is 2. The second-order valence-electron chi connectivity index (χ2n) is 6.88. The van der Waals surface area contributed by atoms with Crippen LogP contribution in [0.25, 0.3) is 0 Å². The number of ether oxygens (including phenoxy) is 1. The lowest BCUT2D eigenvalue weighted by molar-refractivity contribution is -0.137. The molecule has 3 rings (SSSR count). The van der Waals surface area contributed by atoms with Crippen LogP contribution in [0.3, 0.4) is 0 Å². The van der Waals surface area contributed by atoms with Gasteiger partial charge in [-0.1, -0.05) is 30.3 Å². The number of urea groups is 1. The zero-order valence-electron chi connectivity index (χ0n) is 16.2. The summed E-state index contributed by atoms with van der Waals surface area (Å²) in [4.78, 5) is 16.0. The van der Waals surface area contributed by atoms with E-state index in [2.05, 4.69) is 5.32 Å². The number of piperazine rings is 1. The van der Waals surface area contributed by atoms with E-state index in [4.69, 9.17) is 4.74 Å². The van der Waals surface area contributed by atoms with Gasteiger partial charge < -0.3 is 19.9 Å². The molecular formula is C21H24F3N3O2. The molecule has 2 aromatic carbocycles. The zero-order chi connectivity index (χ0) is 20.9. The number of methoxy groups -OCH3 is 1. The van der Waals surface area contributed by atoms with Crippen molar-refractivity contribution in [3.05, 3.63) is 65.2 Å². The highest BCUT2D eigenvalue weighted by molar-refractivity contribution is 5.74. The standard InChI is InChI=1S/C21H24F3N3O2/c1-29-15-17-6-3-2-5-16(17)14-25-20(28)27-11-9-26(10-12-27)19-8-4-7-18(13-19)21(22,23)24/h2-8,13H,9-12,14-15H2,1H3,(H,25,28). The van der Waals surface area contributed by atoms with Crippen LogP contribution in [-0.4, -0.2) is 44.2 Å². The maximum atomic E-state index is 12.9. The number of carbonyl (C=O) groups is 1. The fourth-order valence-corrected chi connectivity index (χ4v) is 3.36. The number of carbonyl (C=O) groups excluding carboxylic acids is 1. The van der Waals surface area contributed by atoms with Gasteiger partial charge in [-0.3, -0.25) is 0 Å². The van der Waals surface area contributed by atoms with Gasteiger partial charge in [-0.2, -0.15) is 13.2 Å². The van der Waals surface area contributed by atoms with Gasteiger partial charge in [-0.15, -0.1) is 0 Å². The topological polar surface area (TPSA) is 44.8 Å². The molecule has 0 bridgehead atoms. The predicted molar refractivity (Wildman–Crippen MR) is 105 cm³/mol. The number of rotatable bonds is 5. The molecule has 1 aliphatic rings. The number of nitrogens with zero attached hydrogens (tertiary/aromatic N) is 2. The molecule has 1 aliphatic heterocycles. The maximum absolute atomic E-state index is 12.9. The molecule has 1 fully saturated rings. The van der Waals surface area contributed by atoms with Crippen LogP contribution in [0.4, 0.5) is 23.7 Å². The first kappa shape index (κ1) is 21.0. The Balaban J connectivity index is 1.54. The first-order valence-corrected chi connectivity index (χ1v) is 9.39. The molecule has 0 aliphatic carbocycles. The quantitative estimate of drug-likeness (QED) is 0.818. The van der Waals surface area contributed by atoms with Gasteiger partial charge in [0.25, 0.3) is 0 Å². The molecule has 8 heteroatoms. The molecule has 2 aromatic rings. The van der Waals surface area contributed by atoms with E-state index in [0.717, 1.165) is 23.3 Å². The average molecular weight is 407 g/mol. The van der Waals surface area contributed by atoms with E-state index < -0.39 is 11.7 Å². The second kappa shape index (κ2) is 9.17. The molecule has 5 nitrogen and oxygen atoms in total. The van der Waals surface area contributed by atoms with Crippen molar-refractivity contribution in [1.29, 1.82) is 0 Å². The van der Waals surface area contributed by atoms with E-state index in [1.54, 1.807) is 18.1 Å². The summed E-state index contributed by atoms with van der Waals surface area (Å²) in [6, 6.07) is 12.9. The maximum Gasteiger partial charge on any atom is 0.416 e. The summed E-state index contributed by atoms with van der Waals surface area (Å²) in [5, 5.41) is 2.92. The van der Waals surface area contributed by atoms with Crippen LogP contribution >= 0.6 is 0 Å². The number of benzene rings is 2. The Labute approximate surface area is 168 Å². The van der Waals surface area contributed by atoms with Crippen molar-refractivity contribution in [3.63, 3.8) is 0 Å². The Bertz CT molecular complexity index is 834. The first-order valence-electron chi connectivity index (χ1n) is 9.39. The number of hydrogen-bond acceptors (Lipinski definition) is 3. The van der Waals surface area contributed by atoms with Gasteiger partial charge >= 0.3 is 12.2 Å². The Morgan fingerprint density at radius 1 is 1.03 bits per heavy atom. The number of halogens is 3. The van der Waals surface area contributed by atoms with Crippen molar-refractivity contribution in [2.24, 2.45) is 0 Å². The van der Waals surface area contributed by atoms with Crippen LogP contribution in [0.15, 0.2) is 48.5 Å². The molecule has 29 heavy (non-hydrogen) atoms. The van der Waals surface area contributed by atoms with Gasteiger partial charge in [0, 0.05) is 45.5 Å². The van der Waals surface area contributed by atoms with Crippen LogP contribution < -0.4 is 10.2 Å². The van der Waals surface area contributed by atoms with Gasteiger partial charge in [0.15, 0.2) is 0 Å². The van der Waals surface area contributed by atoms with Crippen molar-refractivity contribution in [2.45, 2.75) is 19.3 Å². The molecule has 0 spiro atoms. The van der Waals surface area contributed by atoms with Crippen molar-refractivity contribution >= 4 is 11.7 Å². The highest BCUT2D eigenvalue weighted by Crippen LogP contribution is 2.31. The van der Waals surface area contributed by atoms with Gasteiger partial charge in [-0.25, -0.2) is 4.79 Å². The van der Waals surface area contributed by atoms with E-state index in [-0.39, 0.29) is 6.03 Å². The lowest BCUT2D eigenvalue weighted by Gasteiger charge is -2.36. The molecule has 0 aromatic heterocycles. The Kier molecular flexibility index (Phi) is 6.64. The van der Waals surface area contributed by atoms with Crippen molar-refractivity contribution in [3.8, 4) is 0 Å². The summed E-state index contributed by atoms with van der Waals surface area (Å²) in [5.74, 6) is 0. The number of alkyl halides is 3. The minimum atomic E-state index is -4.36. The summed E-state index contributed by atoms with van der Waals surface area (Å²) < 4.78 is 43.9. The lowest BCUT2D eigenvalue weighted by atomic mass is 10.1. The van der Waals surface area contributed by atoms with Crippen LogP contribution in [0.1, 0.15) is 16.7 Å². The van der Waals surface area contributed by atoms with Gasteiger partial charge in [-0.05, 0) is 29.3 Å². The van der Waals surface area contributed by atoms with Gasteiger partial charge in [0.05, 0.1) is 12.2 Å². The van der Waals surface area contributed by atoms with E-state index in [1.165, 1.54) is 6.07 Å². The molecule has 0 saturated carbocycles. The van der Waals surface area contributed by atoms with E-state index in [9.17, 15) is 18.0 Å². The normalized spacial score (nSPS) is 14.8. The molecule has 1 N–H and O–H groups in total. The van der Waals surface area contributed by atoms with Crippen molar-refractivity contribution in [2.75, 3.05) is 38.2 Å². The summed E-state index contributed by atoms with van der Waals surface area (Å²) in [6.07, 6.45) is -4.36. The molecule has 0 atom stereocenters. The summed E-state index contributed by atoms with van der Waals surface area (Å²) in [7, 11) is 1.62. The fraction of sp³-hybridized carbons (Fsp3) is 0.381. The van der Waals surface area contributed by atoms with Crippen LogP contribution in [0.5, 0.6) is 0 Å². The molecule has 0 unspecified atom stereocenters. The molecule has 0 radical (unpaired) electrons. The Morgan fingerprint density at radius 3 is 2.38 bits per heavy atom. The summed E-state index contributed by atoms with van der Waals surface area (Å²) in [5.41, 5.74) is 1.87. The predicted octanol–water partition coefficient (Wildman–Crippen LogP) is 3.88. The van der Waals surface area contributed by atoms with Crippen molar-refractivity contribution < 1.29 is 22.7 Å². The highest BCUT2D eigenvalue weighted by Gasteiger charge is 2.31. The molecule has 2 amide bonds. The first-order chi connectivity index (χ1) is 13.9. The minimum absolute atomic E-state index is 0.180. The van der Waals surface area contributed by atoms with Gasteiger partial charge in [0.1, 0.15) is 0 Å².